The number of benzene rings is 1. The van der Waals surface area contributed by atoms with Crippen LogP contribution in [-0.2, 0) is 11.2 Å². The molecular formula is C15H16N6O2. The number of aromatic nitrogens is 5. The molecule has 1 atom stereocenters. The molecule has 8 heteroatoms. The topological polar surface area (TPSA) is 98.7 Å². The smallest absolute Gasteiger partial charge is 0.226 e. The molecule has 1 unspecified atom stereocenters. The summed E-state index contributed by atoms with van der Waals surface area (Å²) in [7, 11) is 0. The summed E-state index contributed by atoms with van der Waals surface area (Å²) >= 11 is 0. The van der Waals surface area contributed by atoms with Gasteiger partial charge >= 0.3 is 0 Å². The zero-order chi connectivity index (χ0) is 16.2. The quantitative estimate of drug-likeness (QED) is 0.764. The summed E-state index contributed by atoms with van der Waals surface area (Å²) in [6, 6.07) is 7.64. The van der Waals surface area contributed by atoms with E-state index in [-0.39, 0.29) is 18.4 Å². The molecule has 8 nitrogen and oxygen atoms in total. The van der Waals surface area contributed by atoms with Crippen LogP contribution in [-0.4, -0.2) is 31.0 Å². The van der Waals surface area contributed by atoms with E-state index in [1.54, 1.807) is 17.9 Å². The summed E-state index contributed by atoms with van der Waals surface area (Å²) in [4.78, 5) is 16.0. The second-order valence-corrected chi connectivity index (χ2v) is 5.19. The highest BCUT2D eigenvalue weighted by atomic mass is 16.6. The number of nitrogens with one attached hydrogen (secondary N) is 1. The van der Waals surface area contributed by atoms with Gasteiger partial charge in [0.15, 0.2) is 0 Å². The van der Waals surface area contributed by atoms with E-state index < -0.39 is 0 Å². The molecule has 0 spiro atoms. The van der Waals surface area contributed by atoms with E-state index in [9.17, 15) is 4.79 Å². The number of hydrogen-bond acceptors (Lipinski definition) is 6. The van der Waals surface area contributed by atoms with E-state index in [1.165, 1.54) is 6.33 Å². The molecule has 0 aliphatic carbocycles. The summed E-state index contributed by atoms with van der Waals surface area (Å²) in [6.07, 6.45) is 3.27. The van der Waals surface area contributed by atoms with Crippen LogP contribution in [0.5, 0.6) is 0 Å². The molecule has 3 rings (SSSR count). The molecular weight excluding hydrogens is 296 g/mol. The lowest BCUT2D eigenvalue weighted by Gasteiger charge is -2.14. The van der Waals surface area contributed by atoms with Crippen molar-refractivity contribution in [2.45, 2.75) is 26.3 Å². The van der Waals surface area contributed by atoms with Gasteiger partial charge in [0.2, 0.25) is 5.91 Å². The number of carbonyl (C=O) groups excluding carboxylic acids is 1. The Balaban J connectivity index is 1.62. The maximum atomic E-state index is 12.1. The van der Waals surface area contributed by atoms with Gasteiger partial charge in [-0.25, -0.2) is 14.3 Å². The Hall–Kier alpha value is -3.03. The summed E-state index contributed by atoms with van der Waals surface area (Å²) in [5.74, 6) is -0.128. The third kappa shape index (κ3) is 3.42. The molecule has 0 bridgehead atoms. The molecule has 0 saturated carbocycles. The molecule has 0 saturated heterocycles. The van der Waals surface area contributed by atoms with Crippen LogP contribution < -0.4 is 5.32 Å². The van der Waals surface area contributed by atoms with Crippen molar-refractivity contribution >= 4 is 5.91 Å². The number of carbonyl (C=O) groups is 1. The van der Waals surface area contributed by atoms with E-state index in [2.05, 4.69) is 30.3 Å². The molecule has 1 amide bonds. The fourth-order valence-corrected chi connectivity index (χ4v) is 2.20. The Bertz CT molecular complexity index is 779. The molecule has 23 heavy (non-hydrogen) atoms. The Morgan fingerprint density at radius 3 is 2.70 bits per heavy atom. The maximum absolute atomic E-state index is 12.1. The van der Waals surface area contributed by atoms with Crippen LogP contribution in [0.3, 0.4) is 0 Å². The van der Waals surface area contributed by atoms with Gasteiger partial charge in [-0.2, -0.15) is 5.10 Å². The first-order valence-corrected chi connectivity index (χ1v) is 7.16. The Morgan fingerprint density at radius 2 is 2.09 bits per heavy atom. The van der Waals surface area contributed by atoms with E-state index in [0.717, 1.165) is 11.3 Å². The zero-order valence-electron chi connectivity index (χ0n) is 12.8. The van der Waals surface area contributed by atoms with Gasteiger partial charge in [0, 0.05) is 0 Å². The number of hydrogen-bond donors (Lipinski definition) is 1. The van der Waals surface area contributed by atoms with Crippen LogP contribution in [0.1, 0.15) is 29.9 Å². The molecule has 118 valence electrons. The molecule has 2 aromatic heterocycles. The lowest BCUT2D eigenvalue weighted by Crippen LogP contribution is -2.28. The lowest BCUT2D eigenvalue weighted by atomic mass is 10.1. The number of rotatable bonds is 5. The van der Waals surface area contributed by atoms with Crippen molar-refractivity contribution in [1.82, 2.24) is 30.4 Å². The van der Waals surface area contributed by atoms with Crippen molar-refractivity contribution in [3.05, 3.63) is 53.9 Å². The van der Waals surface area contributed by atoms with Crippen LogP contribution in [0.15, 0.2) is 41.5 Å². The predicted octanol–water partition coefficient (Wildman–Crippen LogP) is 1.38. The first-order chi connectivity index (χ1) is 11.1. The molecule has 0 aliphatic rings. The first-order valence-electron chi connectivity index (χ1n) is 7.16. The van der Waals surface area contributed by atoms with Crippen LogP contribution in [0.2, 0.25) is 0 Å². The lowest BCUT2D eigenvalue weighted by molar-refractivity contribution is -0.121. The van der Waals surface area contributed by atoms with Gasteiger partial charge in [-0.05, 0) is 31.5 Å². The summed E-state index contributed by atoms with van der Waals surface area (Å²) in [5.41, 5.74) is 3.09. The van der Waals surface area contributed by atoms with E-state index in [0.29, 0.717) is 11.4 Å². The van der Waals surface area contributed by atoms with Gasteiger partial charge in [-0.3, -0.25) is 4.79 Å². The average molecular weight is 312 g/mol. The Morgan fingerprint density at radius 1 is 1.30 bits per heavy atom. The van der Waals surface area contributed by atoms with Crippen LogP contribution in [0.25, 0.3) is 5.69 Å². The number of nitrogens with zero attached hydrogens (tertiary/aromatic N) is 5. The second-order valence-electron chi connectivity index (χ2n) is 5.19. The molecule has 0 radical (unpaired) electrons. The summed E-state index contributed by atoms with van der Waals surface area (Å²) < 4.78 is 6.26. The van der Waals surface area contributed by atoms with E-state index in [1.807, 2.05) is 31.2 Å². The van der Waals surface area contributed by atoms with E-state index in [4.69, 9.17) is 0 Å². The first kappa shape index (κ1) is 14.9. The fraction of sp³-hybridized carbons (Fsp3) is 0.267. The number of amides is 1. The minimum atomic E-state index is -0.128. The van der Waals surface area contributed by atoms with Crippen molar-refractivity contribution in [3.63, 3.8) is 0 Å². The third-order valence-corrected chi connectivity index (χ3v) is 3.53. The summed E-state index contributed by atoms with van der Waals surface area (Å²) in [5, 5.41) is 14.4. The van der Waals surface area contributed by atoms with Crippen LogP contribution in [0.4, 0.5) is 0 Å². The fourth-order valence-electron chi connectivity index (χ4n) is 2.20. The van der Waals surface area contributed by atoms with Crippen molar-refractivity contribution in [2.75, 3.05) is 0 Å². The molecule has 1 N–H and O–H groups in total. The van der Waals surface area contributed by atoms with Gasteiger partial charge in [-0.1, -0.05) is 22.4 Å². The highest BCUT2D eigenvalue weighted by Crippen LogP contribution is 2.15. The molecule has 0 aliphatic heterocycles. The van der Waals surface area contributed by atoms with Gasteiger partial charge in [0.25, 0.3) is 0 Å². The maximum Gasteiger partial charge on any atom is 0.226 e. The Kier molecular flexibility index (Phi) is 4.13. The van der Waals surface area contributed by atoms with Gasteiger partial charge < -0.3 is 5.32 Å². The van der Waals surface area contributed by atoms with Gasteiger partial charge in [0.1, 0.15) is 24.0 Å². The standard InChI is InChI=1S/C15H16N6O2/c1-10(18-15(22)7-14-11(2)19-23-20-14)12-3-5-13(6-4-12)21-9-16-8-17-21/h3-6,8-10H,7H2,1-2H3,(H,18,22). The molecule has 2 heterocycles. The zero-order valence-corrected chi connectivity index (χ0v) is 12.8. The van der Waals surface area contributed by atoms with Crippen molar-refractivity contribution in [3.8, 4) is 5.69 Å². The SMILES string of the molecule is Cc1nonc1CC(=O)NC(C)c1ccc(-n2cncn2)cc1. The van der Waals surface area contributed by atoms with Crippen LogP contribution >= 0.6 is 0 Å². The minimum absolute atomic E-state index is 0.118. The van der Waals surface area contributed by atoms with Crippen LogP contribution in [0, 0.1) is 6.92 Å². The normalized spacial score (nSPS) is 12.1. The summed E-state index contributed by atoms with van der Waals surface area (Å²) in [6.45, 7) is 3.68. The second kappa shape index (κ2) is 6.39. The van der Waals surface area contributed by atoms with Gasteiger partial charge in [0.05, 0.1) is 18.2 Å². The monoisotopic (exact) mass is 312 g/mol. The molecule has 0 fully saturated rings. The van der Waals surface area contributed by atoms with Crippen molar-refractivity contribution < 1.29 is 9.42 Å². The largest absolute Gasteiger partial charge is 0.349 e. The molecule has 1 aromatic carbocycles. The number of aryl methyl sites for hydroxylation is 1. The highest BCUT2D eigenvalue weighted by molar-refractivity contribution is 5.78. The highest BCUT2D eigenvalue weighted by Gasteiger charge is 2.14. The van der Waals surface area contributed by atoms with E-state index >= 15 is 0 Å². The van der Waals surface area contributed by atoms with Crippen molar-refractivity contribution in [2.24, 2.45) is 0 Å². The predicted molar refractivity (Wildman–Crippen MR) is 80.7 cm³/mol. The average Bonchev–Trinajstić information content (AvgIpc) is 3.20. The van der Waals surface area contributed by atoms with Gasteiger partial charge in [-0.15, -0.1) is 0 Å². The third-order valence-electron chi connectivity index (χ3n) is 3.53. The Labute approximate surface area is 132 Å². The van der Waals surface area contributed by atoms with Crippen molar-refractivity contribution in [1.29, 1.82) is 0 Å². The molecule has 3 aromatic rings. The minimum Gasteiger partial charge on any atom is -0.349 e.